The molecule has 3 rings (SSSR count). The van der Waals surface area contributed by atoms with Crippen molar-refractivity contribution in [1.29, 1.82) is 0 Å². The molecular weight excluding hydrogens is 257 g/mol. The predicted octanol–water partition coefficient (Wildman–Crippen LogP) is 2.72. The number of aliphatic carboxylic acids is 1. The highest BCUT2D eigenvalue weighted by Crippen LogP contribution is 2.48. The third kappa shape index (κ3) is 2.33. The van der Waals surface area contributed by atoms with Crippen molar-refractivity contribution in [3.05, 3.63) is 35.1 Å². The smallest absolute Gasteiger partial charge is 0.308 e. The number of carboxylic acid groups (broad SMARTS) is 1. The highest BCUT2D eigenvalue weighted by Gasteiger charge is 2.50. The maximum Gasteiger partial charge on any atom is 0.308 e. The van der Waals surface area contributed by atoms with E-state index < -0.39 is 5.97 Å². The van der Waals surface area contributed by atoms with Crippen LogP contribution in [0.3, 0.4) is 0 Å². The van der Waals surface area contributed by atoms with Crippen LogP contribution in [0.4, 0.5) is 4.39 Å². The summed E-state index contributed by atoms with van der Waals surface area (Å²) in [5.41, 5.74) is 1.64. The molecule has 2 N–H and O–H groups in total. The Kier molecular flexibility index (Phi) is 3.50. The van der Waals surface area contributed by atoms with Crippen molar-refractivity contribution >= 4 is 5.97 Å². The number of nitrogens with one attached hydrogen (secondary N) is 1. The molecule has 0 saturated heterocycles. The van der Waals surface area contributed by atoms with Gasteiger partial charge in [0.1, 0.15) is 5.82 Å². The van der Waals surface area contributed by atoms with E-state index in [0.29, 0.717) is 23.9 Å². The van der Waals surface area contributed by atoms with Crippen molar-refractivity contribution in [2.45, 2.75) is 38.8 Å². The Morgan fingerprint density at radius 3 is 2.85 bits per heavy atom. The van der Waals surface area contributed by atoms with Gasteiger partial charge in [0, 0.05) is 12.6 Å². The first kappa shape index (κ1) is 13.6. The van der Waals surface area contributed by atoms with Gasteiger partial charge in [0.2, 0.25) is 0 Å². The van der Waals surface area contributed by atoms with Crippen LogP contribution in [0.15, 0.2) is 18.2 Å². The van der Waals surface area contributed by atoms with Crippen LogP contribution in [0.25, 0.3) is 0 Å². The highest BCUT2D eigenvalue weighted by atomic mass is 19.1. The fourth-order valence-corrected chi connectivity index (χ4v) is 3.99. The summed E-state index contributed by atoms with van der Waals surface area (Å²) in [6.45, 7) is 2.36. The van der Waals surface area contributed by atoms with Gasteiger partial charge < -0.3 is 10.4 Å². The SMILES string of the molecule is Cc1cc(CN[C@H]2[C@@H]3CC[C@@H](C3)[C@H]2C(=O)O)ccc1F. The van der Waals surface area contributed by atoms with Crippen LogP contribution in [0.2, 0.25) is 0 Å². The second kappa shape index (κ2) is 5.17. The van der Waals surface area contributed by atoms with Crippen LogP contribution in [-0.2, 0) is 11.3 Å². The Labute approximate surface area is 118 Å². The quantitative estimate of drug-likeness (QED) is 0.889. The second-order valence-corrected chi connectivity index (χ2v) is 6.19. The summed E-state index contributed by atoms with van der Waals surface area (Å²) in [5, 5.41) is 12.8. The van der Waals surface area contributed by atoms with E-state index in [1.54, 1.807) is 13.0 Å². The van der Waals surface area contributed by atoms with Crippen molar-refractivity contribution in [2.75, 3.05) is 0 Å². The van der Waals surface area contributed by atoms with E-state index in [2.05, 4.69) is 5.32 Å². The molecule has 108 valence electrons. The van der Waals surface area contributed by atoms with Crippen LogP contribution in [-0.4, -0.2) is 17.1 Å². The van der Waals surface area contributed by atoms with Gasteiger partial charge in [-0.15, -0.1) is 0 Å². The number of aryl methyl sites for hydroxylation is 1. The number of benzene rings is 1. The Bertz CT molecular complexity index is 531. The average Bonchev–Trinajstić information content (AvgIpc) is 3.00. The molecule has 2 fully saturated rings. The van der Waals surface area contributed by atoms with E-state index in [1.807, 2.05) is 6.07 Å². The summed E-state index contributed by atoms with van der Waals surface area (Å²) in [4.78, 5) is 11.4. The molecule has 0 unspecified atom stereocenters. The number of hydrogen-bond donors (Lipinski definition) is 2. The fourth-order valence-electron chi connectivity index (χ4n) is 3.99. The largest absolute Gasteiger partial charge is 0.481 e. The normalized spacial score (nSPS) is 31.7. The number of halogens is 1. The van der Waals surface area contributed by atoms with Crippen LogP contribution in [0.5, 0.6) is 0 Å². The molecule has 3 nitrogen and oxygen atoms in total. The minimum absolute atomic E-state index is 0.0663. The fraction of sp³-hybridized carbons (Fsp3) is 0.562. The minimum Gasteiger partial charge on any atom is -0.481 e. The molecule has 0 spiro atoms. The van der Waals surface area contributed by atoms with E-state index in [1.165, 1.54) is 6.07 Å². The molecule has 0 heterocycles. The van der Waals surface area contributed by atoms with E-state index in [0.717, 1.165) is 24.8 Å². The molecule has 0 amide bonds. The van der Waals surface area contributed by atoms with Gasteiger partial charge in [-0.3, -0.25) is 4.79 Å². The van der Waals surface area contributed by atoms with Crippen molar-refractivity contribution in [3.8, 4) is 0 Å². The standard InChI is InChI=1S/C16H20FNO2/c1-9-6-10(2-5-13(9)17)8-18-15-12-4-3-11(7-12)14(15)16(19)20/h2,5-6,11-12,14-15,18H,3-4,7-8H2,1H3,(H,19,20)/t11-,12+,14+,15-/m0/s1. The number of fused-ring (bicyclic) bond motifs is 2. The molecule has 2 aliphatic rings. The van der Waals surface area contributed by atoms with Crippen LogP contribution in [0, 0.1) is 30.5 Å². The third-order valence-electron chi connectivity index (χ3n) is 4.97. The summed E-state index contributed by atoms with van der Waals surface area (Å²) in [6.07, 6.45) is 3.22. The first-order valence-electron chi connectivity index (χ1n) is 7.27. The van der Waals surface area contributed by atoms with E-state index in [-0.39, 0.29) is 17.8 Å². The average molecular weight is 277 g/mol. The van der Waals surface area contributed by atoms with Crippen molar-refractivity contribution < 1.29 is 14.3 Å². The Morgan fingerprint density at radius 1 is 1.40 bits per heavy atom. The van der Waals surface area contributed by atoms with Gasteiger partial charge in [-0.05, 0) is 55.2 Å². The molecule has 0 aromatic heterocycles. The van der Waals surface area contributed by atoms with Gasteiger partial charge in [0.25, 0.3) is 0 Å². The molecule has 2 saturated carbocycles. The van der Waals surface area contributed by atoms with Gasteiger partial charge in [0.05, 0.1) is 5.92 Å². The summed E-state index contributed by atoms with van der Waals surface area (Å²) >= 11 is 0. The number of carboxylic acids is 1. The molecule has 4 atom stereocenters. The molecule has 4 heteroatoms. The molecule has 2 bridgehead atoms. The molecule has 20 heavy (non-hydrogen) atoms. The summed E-state index contributed by atoms with van der Waals surface area (Å²) in [6, 6.07) is 5.13. The van der Waals surface area contributed by atoms with Gasteiger partial charge >= 0.3 is 5.97 Å². The summed E-state index contributed by atoms with van der Waals surface area (Å²) < 4.78 is 13.2. The third-order valence-corrected chi connectivity index (χ3v) is 4.97. The second-order valence-electron chi connectivity index (χ2n) is 6.19. The number of rotatable bonds is 4. The molecule has 1 aromatic carbocycles. The highest BCUT2D eigenvalue weighted by molar-refractivity contribution is 5.72. The van der Waals surface area contributed by atoms with E-state index >= 15 is 0 Å². The Morgan fingerprint density at radius 2 is 2.15 bits per heavy atom. The maximum absolute atomic E-state index is 13.2. The van der Waals surface area contributed by atoms with Crippen molar-refractivity contribution in [2.24, 2.45) is 17.8 Å². The van der Waals surface area contributed by atoms with Crippen molar-refractivity contribution in [1.82, 2.24) is 5.32 Å². The maximum atomic E-state index is 13.2. The predicted molar refractivity (Wildman–Crippen MR) is 73.7 cm³/mol. The molecule has 0 aliphatic heterocycles. The lowest BCUT2D eigenvalue weighted by atomic mass is 9.84. The zero-order valence-electron chi connectivity index (χ0n) is 11.6. The van der Waals surface area contributed by atoms with Crippen LogP contribution >= 0.6 is 0 Å². The number of carbonyl (C=O) groups is 1. The molecule has 1 aromatic rings. The van der Waals surface area contributed by atoms with Gasteiger partial charge in [-0.2, -0.15) is 0 Å². The Balaban J connectivity index is 1.68. The van der Waals surface area contributed by atoms with Gasteiger partial charge in [0.15, 0.2) is 0 Å². The topological polar surface area (TPSA) is 49.3 Å². The lowest BCUT2D eigenvalue weighted by molar-refractivity contribution is -0.144. The summed E-state index contributed by atoms with van der Waals surface area (Å²) in [5.74, 6) is -0.301. The Hall–Kier alpha value is -1.42. The molecule has 2 aliphatic carbocycles. The van der Waals surface area contributed by atoms with Gasteiger partial charge in [-0.25, -0.2) is 4.39 Å². The monoisotopic (exact) mass is 277 g/mol. The summed E-state index contributed by atoms with van der Waals surface area (Å²) in [7, 11) is 0. The molecular formula is C16H20FNO2. The van der Waals surface area contributed by atoms with E-state index in [4.69, 9.17) is 0 Å². The number of hydrogen-bond acceptors (Lipinski definition) is 2. The minimum atomic E-state index is -0.676. The molecule has 0 radical (unpaired) electrons. The lowest BCUT2D eigenvalue weighted by Crippen LogP contribution is -2.43. The van der Waals surface area contributed by atoms with E-state index in [9.17, 15) is 14.3 Å². The van der Waals surface area contributed by atoms with Crippen LogP contribution < -0.4 is 5.32 Å². The van der Waals surface area contributed by atoms with Crippen LogP contribution in [0.1, 0.15) is 30.4 Å². The zero-order valence-corrected chi connectivity index (χ0v) is 11.6. The first-order chi connectivity index (χ1) is 9.56. The van der Waals surface area contributed by atoms with Crippen molar-refractivity contribution in [3.63, 3.8) is 0 Å². The first-order valence-corrected chi connectivity index (χ1v) is 7.27. The lowest BCUT2D eigenvalue weighted by Gasteiger charge is -2.29. The zero-order chi connectivity index (χ0) is 14.3. The van der Waals surface area contributed by atoms with Gasteiger partial charge in [-0.1, -0.05) is 12.1 Å².